The van der Waals surface area contributed by atoms with Gasteiger partial charge in [-0.25, -0.2) is 14.4 Å². The standard InChI is InChI=1S/C34H43N3O8/c1-9-18-43-24-16-14-22(15-17-24)19-26(36-31(40)44-33(2,3)4)29(38)35-27(30(39)42-8)20-23-21-37(32(41)45-34(5,6)7)28-13-11-10-12-25(23)28/h9-17,21,26-27H,1,18-20H2,2-8H3,(H,35,38)(H,36,40)/t26-,27+/m0/s1. The van der Waals surface area contributed by atoms with Gasteiger partial charge in [-0.2, -0.15) is 0 Å². The number of para-hydroxylation sites is 1. The highest BCUT2D eigenvalue weighted by Gasteiger charge is 2.31. The Morgan fingerprint density at radius 1 is 0.867 bits per heavy atom. The van der Waals surface area contributed by atoms with Crippen molar-refractivity contribution in [3.63, 3.8) is 0 Å². The topological polar surface area (TPSA) is 134 Å². The first-order valence-corrected chi connectivity index (χ1v) is 14.6. The minimum absolute atomic E-state index is 0.00320. The number of hydrogen-bond acceptors (Lipinski definition) is 8. The van der Waals surface area contributed by atoms with E-state index in [-0.39, 0.29) is 12.8 Å². The van der Waals surface area contributed by atoms with Gasteiger partial charge >= 0.3 is 18.2 Å². The Morgan fingerprint density at radius 2 is 1.51 bits per heavy atom. The first-order chi connectivity index (χ1) is 21.1. The summed E-state index contributed by atoms with van der Waals surface area (Å²) in [6.45, 7) is 14.4. The van der Waals surface area contributed by atoms with Crippen LogP contribution >= 0.6 is 0 Å². The molecule has 0 aliphatic heterocycles. The Kier molecular flexibility index (Phi) is 11.4. The number of rotatable bonds is 11. The van der Waals surface area contributed by atoms with Crippen LogP contribution in [0.15, 0.2) is 67.4 Å². The van der Waals surface area contributed by atoms with Crippen molar-refractivity contribution in [1.82, 2.24) is 15.2 Å². The summed E-state index contributed by atoms with van der Waals surface area (Å²) >= 11 is 0. The van der Waals surface area contributed by atoms with Gasteiger partial charge in [-0.1, -0.05) is 43.0 Å². The van der Waals surface area contributed by atoms with E-state index in [4.69, 9.17) is 18.9 Å². The Bertz CT molecular complexity index is 1510. The van der Waals surface area contributed by atoms with Gasteiger partial charge in [0.05, 0.1) is 12.6 Å². The van der Waals surface area contributed by atoms with Crippen LogP contribution in [0.1, 0.15) is 52.7 Å². The van der Waals surface area contributed by atoms with Gasteiger partial charge in [0.2, 0.25) is 5.91 Å². The van der Waals surface area contributed by atoms with E-state index in [1.54, 1.807) is 90.2 Å². The predicted octanol–water partition coefficient (Wildman–Crippen LogP) is 5.33. The third kappa shape index (κ3) is 10.4. The number of esters is 1. The Balaban J connectivity index is 1.89. The number of methoxy groups -OCH3 is 1. The summed E-state index contributed by atoms with van der Waals surface area (Å²) in [5, 5.41) is 6.08. The van der Waals surface area contributed by atoms with Crippen molar-refractivity contribution >= 4 is 35.0 Å². The largest absolute Gasteiger partial charge is 0.490 e. The van der Waals surface area contributed by atoms with Crippen LogP contribution < -0.4 is 15.4 Å². The maximum atomic E-state index is 13.7. The Hall–Kier alpha value is -4.80. The number of aromatic nitrogens is 1. The highest BCUT2D eigenvalue weighted by atomic mass is 16.6. The van der Waals surface area contributed by atoms with Crippen molar-refractivity contribution in [2.75, 3.05) is 13.7 Å². The highest BCUT2D eigenvalue weighted by Crippen LogP contribution is 2.24. The Morgan fingerprint density at radius 3 is 2.11 bits per heavy atom. The number of carbonyl (C=O) groups excluding carboxylic acids is 4. The number of ether oxygens (including phenoxy) is 4. The summed E-state index contributed by atoms with van der Waals surface area (Å²) in [5.41, 5.74) is 0.402. The third-order valence-corrected chi connectivity index (χ3v) is 6.35. The molecule has 2 N–H and O–H groups in total. The second-order valence-corrected chi connectivity index (χ2v) is 12.5. The lowest BCUT2D eigenvalue weighted by atomic mass is 10.0. The van der Waals surface area contributed by atoms with Crippen LogP contribution in [-0.2, 0) is 36.6 Å². The fraction of sp³-hybridized carbons (Fsp3) is 0.412. The lowest BCUT2D eigenvalue weighted by molar-refractivity contribution is -0.145. The van der Waals surface area contributed by atoms with Gasteiger partial charge in [0.15, 0.2) is 0 Å². The first kappa shape index (κ1) is 34.7. The summed E-state index contributed by atoms with van der Waals surface area (Å²) in [6.07, 6.45) is 1.95. The molecule has 242 valence electrons. The van der Waals surface area contributed by atoms with E-state index in [0.717, 1.165) is 5.56 Å². The summed E-state index contributed by atoms with van der Waals surface area (Å²) in [4.78, 5) is 52.4. The summed E-state index contributed by atoms with van der Waals surface area (Å²) in [7, 11) is 1.22. The molecule has 2 amide bonds. The van der Waals surface area contributed by atoms with Crippen molar-refractivity contribution < 1.29 is 38.1 Å². The maximum Gasteiger partial charge on any atom is 0.419 e. The molecule has 0 fully saturated rings. The molecule has 1 heterocycles. The second-order valence-electron chi connectivity index (χ2n) is 12.5. The van der Waals surface area contributed by atoms with Gasteiger partial charge in [-0.05, 0) is 70.9 Å². The summed E-state index contributed by atoms with van der Waals surface area (Å²) < 4.78 is 22.9. The van der Waals surface area contributed by atoms with E-state index in [1.165, 1.54) is 11.7 Å². The van der Waals surface area contributed by atoms with Gasteiger partial charge in [-0.15, -0.1) is 0 Å². The van der Waals surface area contributed by atoms with Gasteiger partial charge in [0.25, 0.3) is 0 Å². The van der Waals surface area contributed by atoms with Crippen molar-refractivity contribution in [3.05, 3.63) is 78.5 Å². The lowest BCUT2D eigenvalue weighted by Gasteiger charge is -2.25. The molecule has 3 aromatic rings. The van der Waals surface area contributed by atoms with E-state index in [0.29, 0.717) is 28.8 Å². The number of carbonyl (C=O) groups is 4. The maximum absolute atomic E-state index is 13.7. The molecule has 0 bridgehead atoms. The molecule has 0 aliphatic rings. The zero-order valence-corrected chi connectivity index (χ0v) is 27.0. The van der Waals surface area contributed by atoms with Crippen LogP contribution in [0.5, 0.6) is 5.75 Å². The fourth-order valence-corrected chi connectivity index (χ4v) is 4.47. The average molecular weight is 622 g/mol. The van der Waals surface area contributed by atoms with Crippen LogP contribution in [0.3, 0.4) is 0 Å². The smallest absolute Gasteiger partial charge is 0.419 e. The zero-order valence-electron chi connectivity index (χ0n) is 27.0. The molecule has 0 unspecified atom stereocenters. The van der Waals surface area contributed by atoms with Crippen LogP contribution in [0.25, 0.3) is 10.9 Å². The highest BCUT2D eigenvalue weighted by molar-refractivity contribution is 5.94. The summed E-state index contributed by atoms with van der Waals surface area (Å²) in [5.74, 6) is -0.702. The number of nitrogens with one attached hydrogen (secondary N) is 2. The zero-order chi connectivity index (χ0) is 33.4. The average Bonchev–Trinajstić information content (AvgIpc) is 3.32. The van der Waals surface area contributed by atoms with Crippen LogP contribution in [0.2, 0.25) is 0 Å². The van der Waals surface area contributed by atoms with E-state index in [9.17, 15) is 19.2 Å². The van der Waals surface area contributed by atoms with Gasteiger partial charge < -0.3 is 29.6 Å². The molecule has 0 aliphatic carbocycles. The first-order valence-electron chi connectivity index (χ1n) is 14.6. The summed E-state index contributed by atoms with van der Waals surface area (Å²) in [6, 6.07) is 12.0. The number of fused-ring (bicyclic) bond motifs is 1. The van der Waals surface area contributed by atoms with Crippen molar-refractivity contribution in [2.24, 2.45) is 0 Å². The van der Waals surface area contributed by atoms with Gasteiger partial charge in [0, 0.05) is 24.4 Å². The van der Waals surface area contributed by atoms with Gasteiger partial charge in [0.1, 0.15) is 35.6 Å². The SMILES string of the molecule is C=CCOc1ccc(C[C@H](NC(=O)OC(C)(C)C)C(=O)N[C@H](Cc2cn(C(=O)OC(C)(C)C)c3ccccc23)C(=O)OC)cc1. The normalized spacial score (nSPS) is 12.9. The molecule has 1 aromatic heterocycles. The molecule has 2 atom stereocenters. The molecule has 0 spiro atoms. The number of nitrogens with zero attached hydrogens (tertiary/aromatic N) is 1. The minimum Gasteiger partial charge on any atom is -0.490 e. The molecule has 11 nitrogen and oxygen atoms in total. The fourth-order valence-electron chi connectivity index (χ4n) is 4.47. The second kappa shape index (κ2) is 14.8. The number of hydrogen-bond donors (Lipinski definition) is 2. The molecule has 3 rings (SSSR count). The number of amides is 2. The minimum atomic E-state index is -1.14. The molecular formula is C34H43N3O8. The number of alkyl carbamates (subject to hydrolysis) is 1. The third-order valence-electron chi connectivity index (χ3n) is 6.35. The number of benzene rings is 2. The van der Waals surface area contributed by atoms with E-state index < -0.39 is 47.3 Å². The van der Waals surface area contributed by atoms with Crippen LogP contribution in [0.4, 0.5) is 9.59 Å². The van der Waals surface area contributed by atoms with E-state index >= 15 is 0 Å². The molecule has 0 radical (unpaired) electrons. The van der Waals surface area contributed by atoms with Crippen LogP contribution in [0, 0.1) is 0 Å². The Labute approximate surface area is 263 Å². The van der Waals surface area contributed by atoms with Gasteiger partial charge in [-0.3, -0.25) is 9.36 Å². The molecule has 45 heavy (non-hydrogen) atoms. The molecule has 11 heteroatoms. The lowest BCUT2D eigenvalue weighted by Crippen LogP contribution is -2.53. The van der Waals surface area contributed by atoms with Crippen molar-refractivity contribution in [2.45, 2.75) is 77.7 Å². The van der Waals surface area contributed by atoms with E-state index in [2.05, 4.69) is 17.2 Å². The van der Waals surface area contributed by atoms with Crippen LogP contribution in [-0.4, -0.2) is 65.6 Å². The predicted molar refractivity (Wildman–Crippen MR) is 170 cm³/mol. The molecule has 0 saturated heterocycles. The quantitative estimate of drug-likeness (QED) is 0.167. The monoisotopic (exact) mass is 621 g/mol. The van der Waals surface area contributed by atoms with E-state index in [1.807, 2.05) is 12.1 Å². The van der Waals surface area contributed by atoms with Crippen molar-refractivity contribution in [1.29, 1.82) is 0 Å². The molecule has 0 saturated carbocycles. The van der Waals surface area contributed by atoms with Crippen molar-refractivity contribution in [3.8, 4) is 5.75 Å². The molecular weight excluding hydrogens is 578 g/mol. The molecule has 2 aromatic carbocycles.